The number of amides is 1. The summed E-state index contributed by atoms with van der Waals surface area (Å²) in [7, 11) is 1.32. The molecule has 1 aromatic heterocycles. The first-order valence-electron chi connectivity index (χ1n) is 7.34. The van der Waals surface area contributed by atoms with Crippen LogP contribution in [0.25, 0.3) is 11.3 Å². The van der Waals surface area contributed by atoms with Crippen molar-refractivity contribution < 1.29 is 9.53 Å². The number of nitrogens with zero attached hydrogens (tertiary/aromatic N) is 2. The molecule has 0 unspecified atom stereocenters. The van der Waals surface area contributed by atoms with E-state index in [0.29, 0.717) is 11.5 Å². The molecule has 1 heterocycles. The zero-order valence-electron chi connectivity index (χ0n) is 13.1. The fourth-order valence-electron chi connectivity index (χ4n) is 2.15. The van der Waals surface area contributed by atoms with E-state index in [2.05, 4.69) is 25.3 Å². The highest BCUT2D eigenvalue weighted by Crippen LogP contribution is 2.21. The maximum atomic E-state index is 11.2. The van der Waals surface area contributed by atoms with Gasteiger partial charge < -0.3 is 10.1 Å². The van der Waals surface area contributed by atoms with E-state index in [0.717, 1.165) is 16.9 Å². The molecule has 24 heavy (non-hydrogen) atoms. The molecule has 0 fully saturated rings. The topological polar surface area (TPSA) is 76.1 Å². The zero-order chi connectivity index (χ0) is 16.8. The Morgan fingerprint density at radius 2 is 1.67 bits per heavy atom. The van der Waals surface area contributed by atoms with Crippen LogP contribution < -0.4 is 10.6 Å². The Bertz CT molecular complexity index is 820. The van der Waals surface area contributed by atoms with Crippen molar-refractivity contribution in [1.82, 2.24) is 9.97 Å². The van der Waals surface area contributed by atoms with Gasteiger partial charge in [0.1, 0.15) is 12.1 Å². The molecule has 3 aromatic rings. The number of benzene rings is 2. The molecule has 0 aliphatic heterocycles. The highest BCUT2D eigenvalue weighted by atomic mass is 16.5. The van der Waals surface area contributed by atoms with Crippen molar-refractivity contribution in [3.63, 3.8) is 0 Å². The van der Waals surface area contributed by atoms with Gasteiger partial charge in [-0.1, -0.05) is 30.3 Å². The molecule has 0 aliphatic rings. The largest absolute Gasteiger partial charge is 0.453 e. The minimum Gasteiger partial charge on any atom is -0.453 e. The number of nitrogens with one attached hydrogen (secondary N) is 2. The summed E-state index contributed by atoms with van der Waals surface area (Å²) in [5.41, 5.74) is 3.38. The second-order valence-corrected chi connectivity index (χ2v) is 4.97. The summed E-state index contributed by atoms with van der Waals surface area (Å²) in [5.74, 6) is 0.692. The van der Waals surface area contributed by atoms with Crippen LogP contribution in [0.4, 0.5) is 22.0 Å². The molecular weight excluding hydrogens is 304 g/mol. The van der Waals surface area contributed by atoms with Crippen LogP contribution >= 0.6 is 0 Å². The summed E-state index contributed by atoms with van der Waals surface area (Å²) < 4.78 is 4.55. The Balaban J connectivity index is 1.73. The lowest BCUT2D eigenvalue weighted by Gasteiger charge is -2.08. The van der Waals surface area contributed by atoms with E-state index in [9.17, 15) is 4.79 Å². The van der Waals surface area contributed by atoms with Gasteiger partial charge in [0.2, 0.25) is 0 Å². The van der Waals surface area contributed by atoms with Crippen LogP contribution in [-0.2, 0) is 4.74 Å². The zero-order valence-corrected chi connectivity index (χ0v) is 13.1. The molecular formula is C18H16N4O2. The third kappa shape index (κ3) is 3.86. The van der Waals surface area contributed by atoms with Crippen molar-refractivity contribution in [3.8, 4) is 11.3 Å². The molecule has 120 valence electrons. The predicted molar refractivity (Wildman–Crippen MR) is 93.2 cm³/mol. The summed E-state index contributed by atoms with van der Waals surface area (Å²) in [6.45, 7) is 0. The smallest absolute Gasteiger partial charge is 0.411 e. The average molecular weight is 320 g/mol. The van der Waals surface area contributed by atoms with Crippen molar-refractivity contribution in [1.29, 1.82) is 0 Å². The number of methoxy groups -OCH3 is 1. The number of carbonyl (C=O) groups is 1. The van der Waals surface area contributed by atoms with E-state index in [1.165, 1.54) is 13.4 Å². The third-order valence-electron chi connectivity index (χ3n) is 3.33. The van der Waals surface area contributed by atoms with Gasteiger partial charge in [0.15, 0.2) is 0 Å². The number of hydrogen-bond donors (Lipinski definition) is 2. The fraction of sp³-hybridized carbons (Fsp3) is 0.0556. The molecule has 6 nitrogen and oxygen atoms in total. The van der Waals surface area contributed by atoms with Gasteiger partial charge in [0, 0.05) is 23.0 Å². The number of ether oxygens (including phenoxy) is 1. The minimum absolute atomic E-state index is 0.501. The van der Waals surface area contributed by atoms with Crippen LogP contribution in [0, 0.1) is 0 Å². The van der Waals surface area contributed by atoms with Crippen LogP contribution in [0.2, 0.25) is 0 Å². The van der Waals surface area contributed by atoms with E-state index in [-0.39, 0.29) is 0 Å². The minimum atomic E-state index is -0.501. The predicted octanol–water partition coefficient (Wildman–Crippen LogP) is 4.07. The Labute approximate surface area is 139 Å². The SMILES string of the molecule is COC(=O)Nc1ccc(Nc2cc(-c3ccccc3)ncn2)cc1. The van der Waals surface area contributed by atoms with Gasteiger partial charge in [0.25, 0.3) is 0 Å². The van der Waals surface area contributed by atoms with E-state index in [1.54, 1.807) is 12.1 Å². The first-order chi connectivity index (χ1) is 11.7. The molecule has 6 heteroatoms. The van der Waals surface area contributed by atoms with E-state index < -0.39 is 6.09 Å². The van der Waals surface area contributed by atoms with Gasteiger partial charge in [-0.3, -0.25) is 5.32 Å². The fourth-order valence-corrected chi connectivity index (χ4v) is 2.15. The molecule has 0 atom stereocenters. The summed E-state index contributed by atoms with van der Waals surface area (Å²) in [6, 6.07) is 19.0. The maximum absolute atomic E-state index is 11.2. The number of carbonyl (C=O) groups excluding carboxylic acids is 1. The number of rotatable bonds is 4. The van der Waals surface area contributed by atoms with Gasteiger partial charge in [-0.25, -0.2) is 14.8 Å². The summed E-state index contributed by atoms with van der Waals surface area (Å²) in [4.78, 5) is 19.7. The van der Waals surface area contributed by atoms with Gasteiger partial charge >= 0.3 is 6.09 Å². The molecule has 0 aliphatic carbocycles. The first kappa shape index (κ1) is 15.5. The summed E-state index contributed by atoms with van der Waals surface area (Å²) in [6.07, 6.45) is 1.02. The molecule has 3 rings (SSSR count). The van der Waals surface area contributed by atoms with Gasteiger partial charge in [0.05, 0.1) is 12.8 Å². The van der Waals surface area contributed by atoms with Crippen LogP contribution in [0.15, 0.2) is 67.0 Å². The molecule has 1 amide bonds. The quantitative estimate of drug-likeness (QED) is 0.758. The lowest BCUT2D eigenvalue weighted by Crippen LogP contribution is -2.10. The van der Waals surface area contributed by atoms with Crippen LogP contribution in [0.3, 0.4) is 0 Å². The monoisotopic (exact) mass is 320 g/mol. The van der Waals surface area contributed by atoms with E-state index in [1.807, 2.05) is 48.5 Å². The maximum Gasteiger partial charge on any atom is 0.411 e. The van der Waals surface area contributed by atoms with Crippen molar-refractivity contribution in [2.75, 3.05) is 17.7 Å². The van der Waals surface area contributed by atoms with Crippen molar-refractivity contribution in [2.45, 2.75) is 0 Å². The Kier molecular flexibility index (Phi) is 4.67. The lowest BCUT2D eigenvalue weighted by atomic mass is 10.1. The Morgan fingerprint density at radius 3 is 2.38 bits per heavy atom. The van der Waals surface area contributed by atoms with Crippen molar-refractivity contribution in [2.24, 2.45) is 0 Å². The second-order valence-electron chi connectivity index (χ2n) is 4.97. The standard InChI is InChI=1S/C18H16N4O2/c1-24-18(23)22-15-9-7-14(8-10-15)21-17-11-16(19-12-20-17)13-5-3-2-4-6-13/h2-12H,1H3,(H,22,23)(H,19,20,21). The number of hydrogen-bond acceptors (Lipinski definition) is 5. The highest BCUT2D eigenvalue weighted by molar-refractivity contribution is 5.84. The first-order valence-corrected chi connectivity index (χ1v) is 7.34. The normalized spacial score (nSPS) is 10.0. The van der Waals surface area contributed by atoms with Gasteiger partial charge in [-0.15, -0.1) is 0 Å². The van der Waals surface area contributed by atoms with Crippen LogP contribution in [-0.4, -0.2) is 23.2 Å². The van der Waals surface area contributed by atoms with Crippen LogP contribution in [0.1, 0.15) is 0 Å². The summed E-state index contributed by atoms with van der Waals surface area (Å²) >= 11 is 0. The van der Waals surface area contributed by atoms with E-state index >= 15 is 0 Å². The molecule has 2 N–H and O–H groups in total. The molecule has 0 bridgehead atoms. The van der Waals surface area contributed by atoms with Gasteiger partial charge in [-0.2, -0.15) is 0 Å². The second kappa shape index (κ2) is 7.23. The molecule has 0 radical (unpaired) electrons. The molecule has 0 saturated carbocycles. The lowest BCUT2D eigenvalue weighted by molar-refractivity contribution is 0.187. The summed E-state index contributed by atoms with van der Waals surface area (Å²) in [5, 5.41) is 5.81. The van der Waals surface area contributed by atoms with Crippen LogP contribution in [0.5, 0.6) is 0 Å². The van der Waals surface area contributed by atoms with Crippen molar-refractivity contribution in [3.05, 3.63) is 67.0 Å². The highest BCUT2D eigenvalue weighted by Gasteiger charge is 2.03. The number of aromatic nitrogens is 2. The van der Waals surface area contributed by atoms with E-state index in [4.69, 9.17) is 0 Å². The number of anilines is 3. The molecule has 2 aromatic carbocycles. The Hall–Kier alpha value is -3.41. The molecule has 0 spiro atoms. The average Bonchev–Trinajstić information content (AvgIpc) is 2.64. The van der Waals surface area contributed by atoms with Gasteiger partial charge in [-0.05, 0) is 24.3 Å². The Morgan fingerprint density at radius 1 is 0.958 bits per heavy atom. The molecule has 0 saturated heterocycles. The third-order valence-corrected chi connectivity index (χ3v) is 3.33. The van der Waals surface area contributed by atoms with Crippen molar-refractivity contribution >= 4 is 23.3 Å².